The quantitative estimate of drug-likeness (QED) is 0.618. The van der Waals surface area contributed by atoms with E-state index in [0.29, 0.717) is 12.5 Å². The van der Waals surface area contributed by atoms with Gasteiger partial charge in [-0.3, -0.25) is 4.79 Å². The van der Waals surface area contributed by atoms with E-state index in [-0.39, 0.29) is 33.7 Å². The first-order chi connectivity index (χ1) is 14.3. The zero-order chi connectivity index (χ0) is 23.0. The van der Waals surface area contributed by atoms with Crippen LogP contribution in [-0.2, 0) is 26.7 Å². The van der Waals surface area contributed by atoms with E-state index in [1.165, 1.54) is 18.2 Å². The van der Waals surface area contributed by atoms with Crippen molar-refractivity contribution in [3.63, 3.8) is 0 Å². The lowest BCUT2D eigenvalue weighted by Crippen LogP contribution is -2.39. The second-order valence-corrected chi connectivity index (χ2v) is 10.3. The summed E-state index contributed by atoms with van der Waals surface area (Å²) in [5.41, 5.74) is -2.91. The van der Waals surface area contributed by atoms with Crippen LogP contribution in [0.15, 0.2) is 47.4 Å². The number of sulfone groups is 1. The lowest BCUT2D eigenvalue weighted by Gasteiger charge is -2.27. The van der Waals surface area contributed by atoms with E-state index in [1.807, 2.05) is 0 Å². The zero-order valence-electron chi connectivity index (χ0n) is 16.5. The van der Waals surface area contributed by atoms with E-state index in [2.05, 4.69) is 5.32 Å². The average Bonchev–Trinajstić information content (AvgIpc) is 3.44. The van der Waals surface area contributed by atoms with Crippen molar-refractivity contribution >= 4 is 33.0 Å². The molecule has 0 spiro atoms. The first kappa shape index (κ1) is 23.6. The predicted octanol–water partition coefficient (Wildman–Crippen LogP) is 4.47. The molecule has 1 amide bonds. The predicted molar refractivity (Wildman–Crippen MR) is 111 cm³/mol. The van der Waals surface area contributed by atoms with E-state index in [0.717, 1.165) is 25.0 Å². The number of alkyl halides is 3. The minimum Gasteiger partial charge on any atom is -0.376 e. The van der Waals surface area contributed by atoms with Crippen LogP contribution >= 0.6 is 11.6 Å². The molecule has 0 radical (unpaired) electrons. The molecule has 1 atom stereocenters. The van der Waals surface area contributed by atoms with Crippen molar-refractivity contribution in [1.29, 1.82) is 0 Å². The van der Waals surface area contributed by atoms with Gasteiger partial charge >= 0.3 is 6.18 Å². The molecular weight excluding hydrogens is 455 g/mol. The third kappa shape index (κ3) is 5.58. The Bertz CT molecular complexity index is 1080. The van der Waals surface area contributed by atoms with Gasteiger partial charge < -0.3 is 10.4 Å². The van der Waals surface area contributed by atoms with E-state index in [4.69, 9.17) is 11.6 Å². The number of aliphatic hydroxyl groups is 1. The minimum atomic E-state index is -4.92. The van der Waals surface area contributed by atoms with Crippen molar-refractivity contribution in [2.24, 2.45) is 5.92 Å². The molecule has 2 N–H and O–H groups in total. The van der Waals surface area contributed by atoms with Gasteiger partial charge in [-0.05, 0) is 55.5 Å². The summed E-state index contributed by atoms with van der Waals surface area (Å²) in [5.74, 6) is -0.0985. The third-order valence-corrected chi connectivity index (χ3v) is 7.34. The van der Waals surface area contributed by atoms with E-state index >= 15 is 0 Å². The number of anilines is 1. The number of benzene rings is 2. The van der Waals surface area contributed by atoms with Crippen LogP contribution in [0.4, 0.5) is 18.9 Å². The van der Waals surface area contributed by atoms with Crippen LogP contribution in [0.1, 0.15) is 30.9 Å². The molecule has 1 unspecified atom stereocenters. The van der Waals surface area contributed by atoms with Crippen LogP contribution in [0.2, 0.25) is 5.02 Å². The molecule has 0 saturated heterocycles. The second-order valence-electron chi connectivity index (χ2n) is 7.86. The Labute approximate surface area is 183 Å². The molecule has 1 saturated carbocycles. The lowest BCUT2D eigenvalue weighted by atomic mass is 9.95. The summed E-state index contributed by atoms with van der Waals surface area (Å²) in [7, 11) is -3.34. The van der Waals surface area contributed by atoms with Crippen molar-refractivity contribution in [3.8, 4) is 0 Å². The Hall–Kier alpha value is -2.10. The molecule has 3 rings (SSSR count). The smallest absolute Gasteiger partial charge is 0.376 e. The van der Waals surface area contributed by atoms with Crippen LogP contribution in [0, 0.1) is 5.92 Å². The minimum absolute atomic E-state index is 0.0669. The van der Waals surface area contributed by atoms with Crippen LogP contribution < -0.4 is 5.32 Å². The summed E-state index contributed by atoms with van der Waals surface area (Å²) in [6.07, 6.45) is -3.13. The molecule has 0 bridgehead atoms. The number of carbonyl (C=O) groups is 1. The Kier molecular flexibility index (Phi) is 6.42. The molecule has 31 heavy (non-hydrogen) atoms. The van der Waals surface area contributed by atoms with Gasteiger partial charge in [0.15, 0.2) is 15.4 Å². The standard InChI is InChI=1S/C21H21ClF3NO4S/c1-20(28,21(23,24)25)17-9-6-15(11-18(17)22)26-19(27)10-13-4-7-16(8-5-13)31(29,30)12-14-2-3-14/h4-9,11,14,28H,2-3,10,12H2,1H3,(H,26,27). The Morgan fingerprint density at radius 3 is 2.29 bits per heavy atom. The summed E-state index contributed by atoms with van der Waals surface area (Å²) in [6.45, 7) is 0.598. The van der Waals surface area contributed by atoms with Crippen molar-refractivity contribution in [1.82, 2.24) is 0 Å². The molecule has 1 fully saturated rings. The van der Waals surface area contributed by atoms with Crippen molar-refractivity contribution < 1.29 is 31.5 Å². The van der Waals surface area contributed by atoms with Gasteiger partial charge in [0.2, 0.25) is 5.91 Å². The monoisotopic (exact) mass is 475 g/mol. The van der Waals surface area contributed by atoms with Crippen LogP contribution in [-0.4, -0.2) is 31.4 Å². The van der Waals surface area contributed by atoms with E-state index in [9.17, 15) is 31.5 Å². The van der Waals surface area contributed by atoms with Gasteiger partial charge in [0.25, 0.3) is 0 Å². The highest BCUT2D eigenvalue weighted by molar-refractivity contribution is 7.91. The number of carbonyl (C=O) groups excluding carboxylic acids is 1. The number of nitrogens with one attached hydrogen (secondary N) is 1. The van der Waals surface area contributed by atoms with E-state index < -0.39 is 33.1 Å². The second kappa shape index (κ2) is 8.44. The fourth-order valence-electron chi connectivity index (χ4n) is 3.04. The maximum atomic E-state index is 13.0. The molecule has 0 aliphatic heterocycles. The maximum absolute atomic E-state index is 13.0. The molecule has 0 heterocycles. The Balaban J connectivity index is 1.65. The summed E-state index contributed by atoms with van der Waals surface area (Å²) < 4.78 is 63.5. The lowest BCUT2D eigenvalue weighted by molar-refractivity contribution is -0.258. The summed E-state index contributed by atoms with van der Waals surface area (Å²) in [6, 6.07) is 9.38. The SMILES string of the molecule is CC(O)(c1ccc(NC(=O)Cc2ccc(S(=O)(=O)CC3CC3)cc2)cc1Cl)C(F)(F)F. The summed E-state index contributed by atoms with van der Waals surface area (Å²) >= 11 is 5.90. The molecule has 0 aromatic heterocycles. The molecule has 2 aromatic carbocycles. The molecular formula is C21H21ClF3NO4S. The Morgan fingerprint density at radius 1 is 1.16 bits per heavy atom. The number of halogens is 4. The van der Waals surface area contributed by atoms with Gasteiger partial charge in [0, 0.05) is 16.3 Å². The van der Waals surface area contributed by atoms with Gasteiger partial charge in [-0.15, -0.1) is 0 Å². The normalized spacial score (nSPS) is 16.6. The van der Waals surface area contributed by atoms with Gasteiger partial charge in [0.05, 0.1) is 17.1 Å². The van der Waals surface area contributed by atoms with Gasteiger partial charge in [-0.2, -0.15) is 13.2 Å². The number of rotatable bonds is 7. The highest BCUT2D eigenvalue weighted by Crippen LogP contribution is 2.42. The first-order valence-electron chi connectivity index (χ1n) is 9.50. The molecule has 1 aliphatic rings. The molecule has 5 nitrogen and oxygen atoms in total. The van der Waals surface area contributed by atoms with E-state index in [1.54, 1.807) is 12.1 Å². The van der Waals surface area contributed by atoms with Gasteiger partial charge in [-0.1, -0.05) is 29.8 Å². The van der Waals surface area contributed by atoms with Crippen molar-refractivity contribution in [3.05, 3.63) is 58.6 Å². The van der Waals surface area contributed by atoms with Gasteiger partial charge in [-0.25, -0.2) is 8.42 Å². The number of hydrogen-bond donors (Lipinski definition) is 2. The van der Waals surface area contributed by atoms with Crippen molar-refractivity contribution in [2.75, 3.05) is 11.1 Å². The Morgan fingerprint density at radius 2 is 1.77 bits per heavy atom. The largest absolute Gasteiger partial charge is 0.421 e. The first-order valence-corrected chi connectivity index (χ1v) is 11.5. The van der Waals surface area contributed by atoms with Gasteiger partial charge in [0.1, 0.15) is 0 Å². The zero-order valence-corrected chi connectivity index (χ0v) is 18.1. The third-order valence-electron chi connectivity index (χ3n) is 5.13. The fraction of sp³-hybridized carbons (Fsp3) is 0.381. The molecule has 1 aliphatic carbocycles. The summed E-state index contributed by atoms with van der Waals surface area (Å²) in [5, 5.41) is 11.9. The molecule has 2 aromatic rings. The van der Waals surface area contributed by atoms with Crippen LogP contribution in [0.5, 0.6) is 0 Å². The molecule has 10 heteroatoms. The van der Waals surface area contributed by atoms with Crippen LogP contribution in [0.3, 0.4) is 0 Å². The van der Waals surface area contributed by atoms with Crippen LogP contribution in [0.25, 0.3) is 0 Å². The van der Waals surface area contributed by atoms with Crippen molar-refractivity contribution in [2.45, 2.75) is 42.9 Å². The molecule has 168 valence electrons. The number of hydrogen-bond acceptors (Lipinski definition) is 4. The maximum Gasteiger partial charge on any atom is 0.421 e. The highest BCUT2D eigenvalue weighted by Gasteiger charge is 2.52. The topological polar surface area (TPSA) is 83.5 Å². The highest BCUT2D eigenvalue weighted by atomic mass is 35.5. The summed E-state index contributed by atoms with van der Waals surface area (Å²) in [4.78, 5) is 12.5. The fourth-order valence-corrected chi connectivity index (χ4v) is 5.10. The number of amides is 1. The average molecular weight is 476 g/mol.